The molecule has 0 aromatic rings. The third-order valence-electron chi connectivity index (χ3n) is 15.4. The number of hydrogen-bond donors (Lipinski definition) is 4. The minimum atomic E-state index is -2.32. The van der Waals surface area contributed by atoms with Crippen molar-refractivity contribution < 1.29 is 72.9 Å². The van der Waals surface area contributed by atoms with E-state index in [1.54, 1.807) is 33.8 Å². The molecule has 2 saturated heterocycles. The largest absolute Gasteiger partial charge is 0.480 e. The molecule has 0 aromatic heterocycles. The van der Waals surface area contributed by atoms with Crippen LogP contribution in [0.1, 0.15) is 185 Å². The maximum atomic E-state index is 14.0. The number of amides is 1. The Kier molecular flexibility index (Phi) is 32.3. The zero-order chi connectivity index (χ0) is 57.9. The summed E-state index contributed by atoms with van der Waals surface area (Å²) in [5.74, 6) is -6.87. The molecule has 1 amide bonds. The van der Waals surface area contributed by atoms with Crippen LogP contribution in [0.3, 0.4) is 0 Å². The number of ketones is 3. The Balaban J connectivity index is 0.00000704. The van der Waals surface area contributed by atoms with Crippen LogP contribution in [0.2, 0.25) is 0 Å². The van der Waals surface area contributed by atoms with Gasteiger partial charge in [0.2, 0.25) is 5.79 Å². The summed E-state index contributed by atoms with van der Waals surface area (Å²) in [5, 5.41) is 35.0. The number of aliphatic carboxylic acids is 1. The number of allylic oxidation sites excluding steroid dienone is 7. The molecule has 0 spiro atoms. The molecule has 76 heavy (non-hydrogen) atoms. The molecule has 1 saturated carbocycles. The third-order valence-corrected chi connectivity index (χ3v) is 15.4. The average molecular weight is 1070 g/mol. The number of rotatable bonds is 28. The number of aliphatic hydroxyl groups excluding tert-OH is 2. The zero-order valence-electron chi connectivity index (χ0n) is 48.8. The summed E-state index contributed by atoms with van der Waals surface area (Å²) < 4.78 is 23.4. The molecule has 16 nitrogen and oxygen atoms in total. The van der Waals surface area contributed by atoms with Crippen molar-refractivity contribution in [1.29, 1.82) is 0 Å². The summed E-state index contributed by atoms with van der Waals surface area (Å²) in [6.07, 6.45) is 20.1. The van der Waals surface area contributed by atoms with E-state index in [1.165, 1.54) is 7.11 Å². The van der Waals surface area contributed by atoms with E-state index in [-0.39, 0.29) is 48.9 Å². The SMILES string of the molecule is CCC(C)(C)C(=O)OC1CCC(C[C@@H](C)CCC(=O)C/C=C(\C)C(OC(=O)C(C)C)[C@@H](OC)C(=O)C(C)C[C@H](C)/C=C/C=C/C=C(\C)CCC2CCC(C)C(O)(C(=O)C(=O)N3CCCCC3C(=O)O)O2)CC1.CO.CO. The van der Waals surface area contributed by atoms with Crippen LogP contribution in [-0.4, -0.2) is 131 Å². The Morgan fingerprint density at radius 2 is 1.49 bits per heavy atom. The smallest absolute Gasteiger partial charge is 0.326 e. The van der Waals surface area contributed by atoms with Crippen LogP contribution in [0.15, 0.2) is 47.6 Å². The van der Waals surface area contributed by atoms with Crippen LogP contribution in [0.5, 0.6) is 0 Å². The standard InChI is InChI=1S/C58H91NO13.2CH4O/c1-13-57(10,11)56(67)70-46-32-26-44(27-33-46)36-40(6)22-28-45(60)29-24-41(7)50(71-55(66)37(2)3)51(69-12)49(61)42(8)35-39(5)20-16-14-15-19-38(4)23-30-47-31-25-43(9)58(68,72-47)52(62)53(63)59-34-18-17-21-48(59)54(64)65;2*1-2/h14-16,19-20,24,37,39-40,42-44,46-48,50-51,68H,13,17-18,21-23,25-36H2,1-12H3,(H,64,65);2*2H,1H3/b15-14+,20-16+,38-19+,41-24+;;/t39-,40+,42?,43?,44?,46?,47?,48?,50?,51+,58?;;/m1../s1. The molecule has 3 fully saturated rings. The lowest BCUT2D eigenvalue weighted by molar-refractivity contribution is -0.263. The summed E-state index contributed by atoms with van der Waals surface area (Å²) in [6.45, 7) is 20.9. The van der Waals surface area contributed by atoms with E-state index in [4.69, 9.17) is 29.2 Å². The van der Waals surface area contributed by atoms with Crippen LogP contribution in [0, 0.1) is 40.9 Å². The number of carboxylic acids is 1. The number of hydrogen-bond acceptors (Lipinski definition) is 14. The van der Waals surface area contributed by atoms with Crippen LogP contribution < -0.4 is 0 Å². The second-order valence-electron chi connectivity index (χ2n) is 22.5. The third kappa shape index (κ3) is 22.6. The summed E-state index contributed by atoms with van der Waals surface area (Å²) in [5.41, 5.74) is 1.17. The molecular formula is C60H99NO15. The van der Waals surface area contributed by atoms with Gasteiger partial charge in [0.25, 0.3) is 11.7 Å². The van der Waals surface area contributed by atoms with Gasteiger partial charge in [-0.1, -0.05) is 90.5 Å². The number of nitrogens with zero attached hydrogens (tertiary/aromatic N) is 1. The molecule has 0 aromatic carbocycles. The minimum absolute atomic E-state index is 0.0145. The van der Waals surface area contributed by atoms with Gasteiger partial charge < -0.3 is 44.3 Å². The monoisotopic (exact) mass is 1070 g/mol. The van der Waals surface area contributed by atoms with E-state index < -0.39 is 76.9 Å². The van der Waals surface area contributed by atoms with Crippen molar-refractivity contribution in [2.75, 3.05) is 27.9 Å². The summed E-state index contributed by atoms with van der Waals surface area (Å²) in [6, 6.07) is -1.10. The normalized spacial score (nSPS) is 24.5. The van der Waals surface area contributed by atoms with E-state index in [9.17, 15) is 43.8 Å². The van der Waals surface area contributed by atoms with Gasteiger partial charge >= 0.3 is 17.9 Å². The maximum absolute atomic E-state index is 14.0. The fourth-order valence-electron chi connectivity index (χ4n) is 9.87. The van der Waals surface area contributed by atoms with Crippen molar-refractivity contribution in [3.05, 3.63) is 47.6 Å². The number of aliphatic hydroxyl groups is 3. The first-order chi connectivity index (χ1) is 35.8. The number of piperidine rings is 1. The molecule has 16 heteroatoms. The van der Waals surface area contributed by atoms with E-state index in [0.717, 1.165) is 69.6 Å². The molecule has 434 valence electrons. The Bertz CT molecular complexity index is 1960. The van der Waals surface area contributed by atoms with Gasteiger partial charge in [0.15, 0.2) is 18.0 Å². The molecule has 4 N–H and O–H groups in total. The van der Waals surface area contributed by atoms with E-state index in [2.05, 4.69) is 6.92 Å². The van der Waals surface area contributed by atoms with Crippen LogP contribution in [0.4, 0.5) is 0 Å². The van der Waals surface area contributed by atoms with Crippen LogP contribution in [0.25, 0.3) is 0 Å². The van der Waals surface area contributed by atoms with Crippen LogP contribution in [-0.2, 0) is 52.5 Å². The number of carbonyl (C=O) groups excluding carboxylic acids is 6. The van der Waals surface area contributed by atoms with Gasteiger partial charge in [-0.2, -0.15) is 0 Å². The lowest BCUT2D eigenvalue weighted by Crippen LogP contribution is -2.60. The number of methoxy groups -OCH3 is 1. The highest BCUT2D eigenvalue weighted by Gasteiger charge is 2.52. The molecule has 3 rings (SSSR count). The fourth-order valence-corrected chi connectivity index (χ4v) is 9.87. The first-order valence-electron chi connectivity index (χ1n) is 27.9. The second kappa shape index (κ2) is 35.2. The van der Waals surface area contributed by atoms with Gasteiger partial charge in [-0.15, -0.1) is 0 Å². The molecule has 0 bridgehead atoms. The molecule has 2 heterocycles. The predicted octanol–water partition coefficient (Wildman–Crippen LogP) is 9.65. The minimum Gasteiger partial charge on any atom is -0.480 e. The van der Waals surface area contributed by atoms with Gasteiger partial charge in [0, 0.05) is 52.6 Å². The molecule has 9 atom stereocenters. The average Bonchev–Trinajstić information content (AvgIpc) is 3.40. The molecule has 3 aliphatic rings. The van der Waals surface area contributed by atoms with Gasteiger partial charge in [-0.25, -0.2) is 4.79 Å². The first kappa shape index (κ1) is 69.7. The van der Waals surface area contributed by atoms with Crippen molar-refractivity contribution in [3.63, 3.8) is 0 Å². The fraction of sp³-hybridized carbons (Fsp3) is 0.750. The Morgan fingerprint density at radius 3 is 2.08 bits per heavy atom. The van der Waals surface area contributed by atoms with Gasteiger partial charge in [0.05, 0.1) is 17.4 Å². The summed E-state index contributed by atoms with van der Waals surface area (Å²) in [7, 11) is 3.43. The molecule has 1 aliphatic carbocycles. The molecule has 6 unspecified atom stereocenters. The highest BCUT2D eigenvalue weighted by Crippen LogP contribution is 2.37. The Labute approximate surface area is 455 Å². The first-order valence-corrected chi connectivity index (χ1v) is 27.9. The quantitative estimate of drug-likeness (QED) is 0.0247. The van der Waals surface area contributed by atoms with Gasteiger partial charge in [-0.3, -0.25) is 28.8 Å². The molecule has 0 radical (unpaired) electrons. The molecule has 2 aliphatic heterocycles. The lowest BCUT2D eigenvalue weighted by atomic mass is 9.80. The van der Waals surface area contributed by atoms with Crippen molar-refractivity contribution in [2.45, 2.75) is 222 Å². The predicted molar refractivity (Wildman–Crippen MR) is 294 cm³/mol. The number of Topliss-reactive ketones (excluding diaryl/α,β-unsaturated/α-hetero) is 3. The highest BCUT2D eigenvalue weighted by molar-refractivity contribution is 6.39. The lowest BCUT2D eigenvalue weighted by Gasteiger charge is -2.42. The van der Waals surface area contributed by atoms with Gasteiger partial charge in [0.1, 0.15) is 17.9 Å². The maximum Gasteiger partial charge on any atom is 0.326 e. The van der Waals surface area contributed by atoms with E-state index >= 15 is 0 Å². The number of esters is 2. The second-order valence-corrected chi connectivity index (χ2v) is 22.5. The summed E-state index contributed by atoms with van der Waals surface area (Å²) >= 11 is 0. The summed E-state index contributed by atoms with van der Waals surface area (Å²) in [4.78, 5) is 92.1. The van der Waals surface area contributed by atoms with Crippen molar-refractivity contribution >= 4 is 41.2 Å². The van der Waals surface area contributed by atoms with Crippen molar-refractivity contribution in [2.24, 2.45) is 40.9 Å². The number of likely N-dealkylation sites (tertiary alicyclic amines) is 1. The van der Waals surface area contributed by atoms with Crippen molar-refractivity contribution in [3.8, 4) is 0 Å². The van der Waals surface area contributed by atoms with E-state index in [0.29, 0.717) is 68.8 Å². The number of carboxylic acid groups (broad SMARTS) is 1. The topological polar surface area (TPSA) is 241 Å². The number of carbonyl (C=O) groups is 7. The van der Waals surface area contributed by atoms with Crippen LogP contribution >= 0.6 is 0 Å². The Hall–Kier alpha value is -4.35. The zero-order valence-corrected chi connectivity index (χ0v) is 48.8. The highest BCUT2D eigenvalue weighted by atomic mass is 16.6. The number of ether oxygens (including phenoxy) is 4. The van der Waals surface area contributed by atoms with E-state index in [1.807, 2.05) is 71.9 Å². The van der Waals surface area contributed by atoms with Gasteiger partial charge in [-0.05, 0) is 147 Å². The molecular weight excluding hydrogens is 975 g/mol. The Morgan fingerprint density at radius 1 is 0.842 bits per heavy atom. The van der Waals surface area contributed by atoms with Crippen molar-refractivity contribution in [1.82, 2.24) is 4.90 Å².